The van der Waals surface area contributed by atoms with Crippen molar-refractivity contribution in [1.29, 1.82) is 0 Å². The Balaban J connectivity index is 0.00000504. The molecular weight excluding hydrogens is 1420 g/mol. The number of para-hydroxylation sites is 1. The molecule has 1 spiro atoms. The number of amides is 5. The van der Waals surface area contributed by atoms with Crippen LogP contribution in [0.1, 0.15) is 129 Å². The lowest BCUT2D eigenvalue weighted by molar-refractivity contribution is -0.143. The van der Waals surface area contributed by atoms with E-state index in [1.807, 2.05) is 105 Å². The first-order valence-corrected chi connectivity index (χ1v) is 35.0. The second-order valence-corrected chi connectivity index (χ2v) is 27.8. The van der Waals surface area contributed by atoms with Gasteiger partial charge in [0.1, 0.15) is 30.9 Å². The SMILES string of the molecule is Cc1cc(C(=O)N(C)CCCN(C)C(=O)CO[C@H]2Cc3ccccc3C23CCN(CC[C@@]2(c4ccc(F)cc4)CN(C(=O)c4cc(C(F)(F)F)cc(C(F)(F)F)c4)CO2)CC3)cc(C)c1CN(C)CCCCCC(=O)N(C)CCN1CCC(OC(=O)Nc2ccccc2-c2ccccc2)CC1.Cl.Cl.Cl. The Morgan fingerprint density at radius 1 is 0.635 bits per heavy atom. The number of anilines is 1. The zero-order chi connectivity index (χ0) is 72.2. The zero-order valence-corrected chi connectivity index (χ0v) is 62.3. The summed E-state index contributed by atoms with van der Waals surface area (Å²) >= 11 is 0. The molecule has 0 bridgehead atoms. The highest BCUT2D eigenvalue weighted by Crippen LogP contribution is 2.49. The Kier molecular flexibility index (Phi) is 30.1. The molecule has 0 saturated carbocycles. The molecule has 16 nitrogen and oxygen atoms in total. The van der Waals surface area contributed by atoms with Crippen LogP contribution < -0.4 is 5.32 Å². The van der Waals surface area contributed by atoms with Crippen LogP contribution in [-0.2, 0) is 60.1 Å². The fourth-order valence-corrected chi connectivity index (χ4v) is 14.7. The molecule has 0 radical (unpaired) electrons. The van der Waals surface area contributed by atoms with Gasteiger partial charge in [-0.25, -0.2) is 9.18 Å². The minimum Gasteiger partial charge on any atom is -0.446 e. The predicted molar refractivity (Wildman–Crippen MR) is 394 cm³/mol. The lowest BCUT2D eigenvalue weighted by atomic mass is 9.72. The maximum absolute atomic E-state index is 14.3. The summed E-state index contributed by atoms with van der Waals surface area (Å²) in [5, 5.41) is 2.94. The molecule has 1 aliphatic carbocycles. The molecule has 5 amide bonds. The summed E-state index contributed by atoms with van der Waals surface area (Å²) in [6, 6.07) is 35.9. The number of likely N-dealkylation sites (N-methyl/N-ethyl adjacent to an activating group) is 2. The van der Waals surface area contributed by atoms with E-state index in [4.69, 9.17) is 14.2 Å². The van der Waals surface area contributed by atoms with E-state index in [1.165, 1.54) is 35.4 Å². The minimum absolute atomic E-state index is 0. The van der Waals surface area contributed by atoms with Gasteiger partial charge in [0, 0.05) is 102 Å². The Morgan fingerprint density at radius 2 is 1.24 bits per heavy atom. The summed E-state index contributed by atoms with van der Waals surface area (Å²) in [5.41, 5.74) is 3.61. The lowest BCUT2D eigenvalue weighted by Crippen LogP contribution is -2.50. The van der Waals surface area contributed by atoms with Gasteiger partial charge in [-0.15, -0.1) is 37.2 Å². The molecule has 0 aromatic heterocycles. The fraction of sp³-hybridized carbons (Fsp3) is 0.474. The Bertz CT molecular complexity index is 3810. The summed E-state index contributed by atoms with van der Waals surface area (Å²) in [6.45, 7) is 10.3. The number of carbonyl (C=O) groups excluding carboxylic acids is 5. The van der Waals surface area contributed by atoms with Crippen LogP contribution in [-0.4, -0.2) is 190 Å². The molecule has 2 atom stereocenters. The molecule has 104 heavy (non-hydrogen) atoms. The first kappa shape index (κ1) is 83.9. The number of hydrogen-bond donors (Lipinski definition) is 1. The number of carbonyl (C=O) groups is 5. The van der Waals surface area contributed by atoms with Crippen LogP contribution in [0.2, 0.25) is 0 Å². The Hall–Kier alpha value is -7.35. The van der Waals surface area contributed by atoms with Gasteiger partial charge < -0.3 is 48.5 Å². The standard InChI is InChI=1S/C78H93F7N8O8.3ClH/c1-54-44-58(45-55(2)66(54)50-87(3)34-16-8-11-24-70(94)89(5)42-43-91-37-29-64(30-38-91)101-74(98)86-68-23-15-13-21-65(68)56-18-9-7-10-19-56)72(96)90(6)36-17-35-88(4)71(95)51-99-69-48-57-20-12-14-22-67(57)75(69)31-39-92(40-32-75)41-33-76(60-25-27-63(79)28-26-60)52-93(53-100-76)73(97)59-46-61(77(80,81)82)49-62(47-59)78(83,84)85;;;/h7,9-10,12-15,18-23,25-28,44-47,49,64,69H,8,11,16-17,24,29-43,48,50-53H2,1-6H3,(H,86,98);3*1H/t69-,76-;;;/m0.../s1. The van der Waals surface area contributed by atoms with Gasteiger partial charge in [0.2, 0.25) is 11.8 Å². The summed E-state index contributed by atoms with van der Waals surface area (Å²) in [7, 11) is 7.46. The van der Waals surface area contributed by atoms with Crippen LogP contribution in [0.4, 0.5) is 41.2 Å². The fourth-order valence-electron chi connectivity index (χ4n) is 14.7. The molecule has 3 aliphatic heterocycles. The Labute approximate surface area is 624 Å². The van der Waals surface area contributed by atoms with Gasteiger partial charge in [-0.3, -0.25) is 24.5 Å². The lowest BCUT2D eigenvalue weighted by Gasteiger charge is -2.44. The average molecular weight is 1510 g/mol. The minimum atomic E-state index is -5.15. The third kappa shape index (κ3) is 21.2. The number of fused-ring (bicyclic) bond motifs is 2. The van der Waals surface area contributed by atoms with E-state index in [0.29, 0.717) is 100 Å². The maximum atomic E-state index is 14.3. The van der Waals surface area contributed by atoms with Crippen LogP contribution in [0.25, 0.3) is 11.1 Å². The maximum Gasteiger partial charge on any atom is 0.416 e. The number of unbranched alkanes of at least 4 members (excludes halogenated alkanes) is 2. The quantitative estimate of drug-likeness (QED) is 0.0388. The molecular formula is C78H96Cl3F7N8O8. The van der Waals surface area contributed by atoms with Gasteiger partial charge in [0.25, 0.3) is 11.8 Å². The topological polar surface area (TPSA) is 148 Å². The largest absolute Gasteiger partial charge is 0.446 e. The monoisotopic (exact) mass is 1510 g/mol. The van der Waals surface area contributed by atoms with Crippen LogP contribution in [0.5, 0.6) is 0 Å². The number of ether oxygens (including phenoxy) is 3. The van der Waals surface area contributed by atoms with Crippen molar-refractivity contribution >= 4 is 72.6 Å². The number of nitrogens with one attached hydrogen (secondary N) is 1. The third-order valence-electron chi connectivity index (χ3n) is 20.8. The first-order chi connectivity index (χ1) is 48.2. The molecule has 3 saturated heterocycles. The van der Waals surface area contributed by atoms with Crippen molar-refractivity contribution in [3.05, 3.63) is 195 Å². The van der Waals surface area contributed by atoms with E-state index in [9.17, 15) is 54.7 Å². The van der Waals surface area contributed by atoms with Crippen molar-refractivity contribution in [3.8, 4) is 11.1 Å². The van der Waals surface area contributed by atoms with Crippen molar-refractivity contribution < 1.29 is 68.9 Å². The normalized spacial score (nSPS) is 17.5. The second kappa shape index (κ2) is 37.3. The van der Waals surface area contributed by atoms with Crippen LogP contribution in [0.3, 0.4) is 0 Å². The van der Waals surface area contributed by atoms with Gasteiger partial charge >= 0.3 is 18.4 Å². The van der Waals surface area contributed by atoms with E-state index < -0.39 is 64.6 Å². The van der Waals surface area contributed by atoms with E-state index in [0.717, 1.165) is 97.5 Å². The third-order valence-corrected chi connectivity index (χ3v) is 20.8. The first-order valence-electron chi connectivity index (χ1n) is 35.0. The molecule has 3 fully saturated rings. The number of benzene rings is 6. The summed E-state index contributed by atoms with van der Waals surface area (Å²) in [4.78, 5) is 80.4. The molecule has 3 heterocycles. The number of nitrogens with zero attached hydrogens (tertiary/aromatic N) is 7. The molecule has 566 valence electrons. The average Bonchev–Trinajstić information content (AvgIpc) is 1.59. The van der Waals surface area contributed by atoms with Gasteiger partial charge in [0.15, 0.2) is 0 Å². The van der Waals surface area contributed by atoms with E-state index in [2.05, 4.69) is 39.2 Å². The van der Waals surface area contributed by atoms with Crippen molar-refractivity contribution in [3.63, 3.8) is 0 Å². The Morgan fingerprint density at radius 3 is 1.90 bits per heavy atom. The molecule has 26 heteroatoms. The number of halogens is 10. The van der Waals surface area contributed by atoms with Gasteiger partial charge in [-0.1, -0.05) is 91.3 Å². The highest BCUT2D eigenvalue weighted by molar-refractivity contribution is 5.96. The number of piperidine rings is 2. The summed E-state index contributed by atoms with van der Waals surface area (Å²) in [6.07, 6.45) is -3.83. The summed E-state index contributed by atoms with van der Waals surface area (Å²) < 4.78 is 116. The predicted octanol–water partition coefficient (Wildman–Crippen LogP) is 14.9. The molecule has 1 N–H and O–H groups in total. The molecule has 10 rings (SSSR count). The van der Waals surface area contributed by atoms with Crippen molar-refractivity contribution in [2.75, 3.05) is 119 Å². The van der Waals surface area contributed by atoms with Gasteiger partial charge in [0.05, 0.1) is 29.5 Å². The second-order valence-electron chi connectivity index (χ2n) is 27.8. The number of rotatable bonds is 27. The van der Waals surface area contributed by atoms with Crippen molar-refractivity contribution in [2.45, 2.75) is 127 Å². The highest BCUT2D eigenvalue weighted by atomic mass is 35.5. The smallest absolute Gasteiger partial charge is 0.416 e. The molecule has 0 unspecified atom stereocenters. The highest BCUT2D eigenvalue weighted by Gasteiger charge is 2.50. The summed E-state index contributed by atoms with van der Waals surface area (Å²) in [5.74, 6) is -1.76. The molecule has 6 aromatic rings. The number of hydrogen-bond acceptors (Lipinski definition) is 11. The van der Waals surface area contributed by atoms with Crippen LogP contribution >= 0.6 is 37.2 Å². The molecule has 6 aromatic carbocycles. The van der Waals surface area contributed by atoms with Gasteiger partial charge in [-0.05, 0) is 186 Å². The molecule has 4 aliphatic rings. The van der Waals surface area contributed by atoms with E-state index in [-0.39, 0.29) is 92.8 Å². The van der Waals surface area contributed by atoms with E-state index in [1.54, 1.807) is 23.9 Å². The van der Waals surface area contributed by atoms with Gasteiger partial charge in [-0.2, -0.15) is 26.3 Å². The number of likely N-dealkylation sites (tertiary alicyclic amines) is 2. The van der Waals surface area contributed by atoms with Crippen LogP contribution in [0.15, 0.2) is 133 Å². The van der Waals surface area contributed by atoms with E-state index >= 15 is 0 Å². The van der Waals surface area contributed by atoms with Crippen LogP contribution in [0, 0.1) is 19.7 Å². The zero-order valence-electron chi connectivity index (χ0n) is 59.8. The van der Waals surface area contributed by atoms with Crippen molar-refractivity contribution in [1.82, 2.24) is 34.3 Å². The number of alkyl halides is 6. The number of aryl methyl sites for hydroxylation is 2. The van der Waals surface area contributed by atoms with Crippen molar-refractivity contribution in [2.24, 2.45) is 0 Å².